The molecular formula is C13H20N2O6. The minimum atomic E-state index is -1.19. The van der Waals surface area contributed by atoms with Crippen molar-refractivity contribution in [3.63, 3.8) is 0 Å². The fourth-order valence-corrected chi connectivity index (χ4v) is 1.57. The third-order valence-corrected chi connectivity index (χ3v) is 2.69. The van der Waals surface area contributed by atoms with E-state index in [2.05, 4.69) is 5.16 Å². The van der Waals surface area contributed by atoms with Gasteiger partial charge in [-0.05, 0) is 18.5 Å². The molecule has 1 heterocycles. The van der Waals surface area contributed by atoms with Crippen LogP contribution >= 0.6 is 0 Å². The van der Waals surface area contributed by atoms with Crippen LogP contribution in [0, 0.1) is 0 Å². The van der Waals surface area contributed by atoms with Gasteiger partial charge in [0.15, 0.2) is 0 Å². The molecule has 0 radical (unpaired) electrons. The Balaban J connectivity index is 2.91. The van der Waals surface area contributed by atoms with Gasteiger partial charge in [-0.1, -0.05) is 13.3 Å². The minimum Gasteiger partial charge on any atom is -0.480 e. The molecule has 0 aliphatic carbocycles. The maximum atomic E-state index is 11.9. The van der Waals surface area contributed by atoms with Gasteiger partial charge in [-0.15, -0.1) is 0 Å². The Morgan fingerprint density at radius 3 is 2.71 bits per heavy atom. The van der Waals surface area contributed by atoms with Crippen LogP contribution in [0.2, 0.25) is 0 Å². The Morgan fingerprint density at radius 1 is 1.43 bits per heavy atom. The molecular weight excluding hydrogens is 280 g/mol. The van der Waals surface area contributed by atoms with Crippen LogP contribution in [0.5, 0.6) is 5.88 Å². The highest BCUT2D eigenvalue weighted by molar-refractivity contribution is 5.88. The molecule has 0 saturated carbocycles. The zero-order chi connectivity index (χ0) is 15.8. The van der Waals surface area contributed by atoms with E-state index >= 15 is 0 Å². The van der Waals surface area contributed by atoms with Crippen molar-refractivity contribution in [2.75, 3.05) is 13.2 Å². The first-order valence-corrected chi connectivity index (χ1v) is 6.78. The summed E-state index contributed by atoms with van der Waals surface area (Å²) in [6, 6.07) is -1.19. The molecule has 1 rings (SSSR count). The number of carboxylic acids is 1. The van der Waals surface area contributed by atoms with E-state index in [1.165, 1.54) is 0 Å². The average Bonchev–Trinajstić information content (AvgIpc) is 2.82. The largest absolute Gasteiger partial charge is 0.480 e. The summed E-state index contributed by atoms with van der Waals surface area (Å²) in [7, 11) is 0. The number of hydrogen-bond donors (Lipinski definition) is 2. The van der Waals surface area contributed by atoms with Gasteiger partial charge in [-0.25, -0.2) is 4.79 Å². The summed E-state index contributed by atoms with van der Waals surface area (Å²) in [5.41, 5.74) is 5.70. The van der Waals surface area contributed by atoms with E-state index in [0.29, 0.717) is 6.61 Å². The second-order valence-electron chi connectivity index (χ2n) is 4.37. The van der Waals surface area contributed by atoms with Crippen LogP contribution in [0.1, 0.15) is 42.8 Å². The highest BCUT2D eigenvalue weighted by atomic mass is 16.6. The maximum Gasteiger partial charge on any atom is 0.377 e. The molecule has 0 aliphatic rings. The number of carboxylic acid groups (broad SMARTS) is 1. The molecule has 21 heavy (non-hydrogen) atoms. The van der Waals surface area contributed by atoms with E-state index in [1.54, 1.807) is 6.92 Å². The quantitative estimate of drug-likeness (QED) is 0.511. The Labute approximate surface area is 122 Å². The number of rotatable bonds is 9. The van der Waals surface area contributed by atoms with Crippen LogP contribution in [0.25, 0.3) is 0 Å². The van der Waals surface area contributed by atoms with Crippen molar-refractivity contribution in [2.24, 2.45) is 5.73 Å². The normalized spacial score (nSPS) is 12.0. The maximum absolute atomic E-state index is 11.9. The van der Waals surface area contributed by atoms with Gasteiger partial charge in [0.2, 0.25) is 0 Å². The first-order chi connectivity index (χ1) is 10.0. The summed E-state index contributed by atoms with van der Waals surface area (Å²) in [6.45, 7) is 4.25. The van der Waals surface area contributed by atoms with E-state index in [4.69, 9.17) is 24.8 Å². The number of aliphatic carboxylic acids is 1. The van der Waals surface area contributed by atoms with Crippen LogP contribution in [0.3, 0.4) is 0 Å². The predicted octanol–water partition coefficient (Wildman–Crippen LogP) is 0.985. The minimum absolute atomic E-state index is 0.0663. The third-order valence-electron chi connectivity index (χ3n) is 2.69. The van der Waals surface area contributed by atoms with Crippen LogP contribution < -0.4 is 10.5 Å². The van der Waals surface area contributed by atoms with Gasteiger partial charge in [0.25, 0.3) is 11.6 Å². The fourth-order valence-electron chi connectivity index (χ4n) is 1.57. The van der Waals surface area contributed by atoms with Gasteiger partial charge in [0, 0.05) is 6.42 Å². The number of unbranched alkanes of at least 4 members (excludes halogenated alkanes) is 1. The molecule has 118 valence electrons. The molecule has 1 atom stereocenters. The number of carbonyl (C=O) groups excluding carboxylic acids is 1. The zero-order valence-electron chi connectivity index (χ0n) is 12.1. The topological polar surface area (TPSA) is 125 Å². The van der Waals surface area contributed by atoms with Gasteiger partial charge in [0.05, 0.1) is 18.8 Å². The molecule has 0 aliphatic heterocycles. The lowest BCUT2D eigenvalue weighted by Gasteiger charge is -2.08. The molecule has 0 saturated heterocycles. The summed E-state index contributed by atoms with van der Waals surface area (Å²) in [5, 5.41) is 12.5. The number of carbonyl (C=O) groups is 2. The van der Waals surface area contributed by atoms with E-state index in [-0.39, 0.29) is 30.2 Å². The third kappa shape index (κ3) is 4.75. The van der Waals surface area contributed by atoms with Crippen LogP contribution in [-0.2, 0) is 16.0 Å². The summed E-state index contributed by atoms with van der Waals surface area (Å²) in [5.74, 6) is -1.98. The lowest BCUT2D eigenvalue weighted by molar-refractivity contribution is -0.138. The Kier molecular flexibility index (Phi) is 6.67. The predicted molar refractivity (Wildman–Crippen MR) is 72.2 cm³/mol. The van der Waals surface area contributed by atoms with Crippen LogP contribution in [0.15, 0.2) is 4.52 Å². The van der Waals surface area contributed by atoms with Gasteiger partial charge >= 0.3 is 11.9 Å². The number of nitrogens with two attached hydrogens (primary N) is 1. The van der Waals surface area contributed by atoms with E-state index in [9.17, 15) is 9.59 Å². The standard InChI is InChI=1S/C13H20N2O6/c1-3-5-6-20-13(18)10-8(7-9(14)12(16)17)11(15-21-10)19-4-2/h9H,3-7,14H2,1-2H3,(H,16,17). The zero-order valence-corrected chi connectivity index (χ0v) is 12.1. The van der Waals surface area contributed by atoms with Gasteiger partial charge in [-0.3, -0.25) is 4.79 Å². The van der Waals surface area contributed by atoms with Crippen molar-refractivity contribution >= 4 is 11.9 Å². The number of esters is 1. The second-order valence-corrected chi connectivity index (χ2v) is 4.37. The molecule has 1 unspecified atom stereocenters. The summed E-state index contributed by atoms with van der Waals surface area (Å²) in [4.78, 5) is 22.8. The lowest BCUT2D eigenvalue weighted by Crippen LogP contribution is -2.32. The van der Waals surface area contributed by atoms with Crippen LogP contribution in [-0.4, -0.2) is 41.5 Å². The summed E-state index contributed by atoms with van der Waals surface area (Å²) in [6.07, 6.45) is 1.47. The Bertz CT molecular complexity index is 485. The molecule has 0 amide bonds. The first-order valence-electron chi connectivity index (χ1n) is 6.78. The average molecular weight is 300 g/mol. The molecule has 8 heteroatoms. The SMILES string of the molecule is CCCCOC(=O)c1onc(OCC)c1CC(N)C(=O)O. The second kappa shape index (κ2) is 8.25. The number of hydrogen-bond acceptors (Lipinski definition) is 7. The first kappa shape index (κ1) is 17.0. The number of ether oxygens (including phenoxy) is 2. The molecule has 1 aromatic heterocycles. The molecule has 1 aromatic rings. The van der Waals surface area contributed by atoms with Gasteiger partial charge in [0.1, 0.15) is 6.04 Å². The van der Waals surface area contributed by atoms with E-state index < -0.39 is 18.0 Å². The fraction of sp³-hybridized carbons (Fsp3) is 0.615. The summed E-state index contributed by atoms with van der Waals surface area (Å²) >= 11 is 0. The Morgan fingerprint density at radius 2 is 2.14 bits per heavy atom. The van der Waals surface area contributed by atoms with E-state index in [1.807, 2.05) is 6.92 Å². The number of nitrogens with zero attached hydrogens (tertiary/aromatic N) is 1. The highest BCUT2D eigenvalue weighted by Crippen LogP contribution is 2.24. The van der Waals surface area contributed by atoms with E-state index in [0.717, 1.165) is 12.8 Å². The van der Waals surface area contributed by atoms with Crippen molar-refractivity contribution in [3.05, 3.63) is 11.3 Å². The Hall–Kier alpha value is -2.09. The van der Waals surface area contributed by atoms with Crippen molar-refractivity contribution < 1.29 is 28.7 Å². The molecule has 8 nitrogen and oxygen atoms in total. The summed E-state index contributed by atoms with van der Waals surface area (Å²) < 4.78 is 15.2. The highest BCUT2D eigenvalue weighted by Gasteiger charge is 2.28. The lowest BCUT2D eigenvalue weighted by atomic mass is 10.1. The smallest absolute Gasteiger partial charge is 0.377 e. The van der Waals surface area contributed by atoms with Gasteiger partial charge in [-0.2, -0.15) is 0 Å². The van der Waals surface area contributed by atoms with Crippen LogP contribution in [0.4, 0.5) is 0 Å². The van der Waals surface area contributed by atoms with Crippen molar-refractivity contribution in [1.82, 2.24) is 5.16 Å². The molecule has 0 aromatic carbocycles. The van der Waals surface area contributed by atoms with Crippen molar-refractivity contribution in [3.8, 4) is 5.88 Å². The molecule has 0 bridgehead atoms. The van der Waals surface area contributed by atoms with Crippen molar-refractivity contribution in [1.29, 1.82) is 0 Å². The number of aromatic nitrogens is 1. The molecule has 0 fully saturated rings. The van der Waals surface area contributed by atoms with Gasteiger partial charge < -0.3 is 24.8 Å². The van der Waals surface area contributed by atoms with Crippen molar-refractivity contribution in [2.45, 2.75) is 39.2 Å². The monoisotopic (exact) mass is 300 g/mol. The molecule has 0 spiro atoms. The molecule has 3 N–H and O–H groups in total.